The second-order valence-corrected chi connectivity index (χ2v) is 6.86. The summed E-state index contributed by atoms with van der Waals surface area (Å²) in [5.74, 6) is -1.01. The number of anilines is 1. The van der Waals surface area contributed by atoms with Gasteiger partial charge in [0.15, 0.2) is 6.04 Å². The molecule has 3 rings (SSSR count). The highest BCUT2D eigenvalue weighted by atomic mass is 35.5. The number of ether oxygens (including phenoxy) is 1. The van der Waals surface area contributed by atoms with Gasteiger partial charge in [0.25, 0.3) is 5.91 Å². The van der Waals surface area contributed by atoms with Crippen LogP contribution >= 0.6 is 11.6 Å². The first-order valence-corrected chi connectivity index (χ1v) is 9.38. The van der Waals surface area contributed by atoms with Crippen LogP contribution in [0.4, 0.5) is 5.69 Å². The van der Waals surface area contributed by atoms with Crippen molar-refractivity contribution in [1.82, 2.24) is 0 Å². The fourth-order valence-electron chi connectivity index (χ4n) is 3.11. The standard InChI is InChI=1S/C21H21ClN2O4/c1-3-28-18(26)12-24-17-10-9-15(22)11-16(17)20(14-7-5-4-6-8-14)23-19(13(2)25)21(24)27/h4-11,13,19,25H,3,12H2,1-2H3/t13?,19-/m0/s1. The summed E-state index contributed by atoms with van der Waals surface area (Å²) in [6.45, 7) is 3.13. The number of hydrogen-bond donors (Lipinski definition) is 1. The van der Waals surface area contributed by atoms with Gasteiger partial charge in [-0.3, -0.25) is 19.5 Å². The number of aliphatic hydroxyl groups excluding tert-OH is 1. The molecule has 0 spiro atoms. The van der Waals surface area contributed by atoms with E-state index < -0.39 is 24.0 Å². The van der Waals surface area contributed by atoms with Crippen molar-refractivity contribution in [3.63, 3.8) is 0 Å². The Bertz CT molecular complexity index is 912. The molecule has 1 amide bonds. The molecular weight excluding hydrogens is 380 g/mol. The zero-order valence-corrected chi connectivity index (χ0v) is 16.4. The molecule has 2 atom stereocenters. The third-order valence-corrected chi connectivity index (χ3v) is 4.62. The van der Waals surface area contributed by atoms with E-state index in [1.54, 1.807) is 25.1 Å². The smallest absolute Gasteiger partial charge is 0.326 e. The first kappa shape index (κ1) is 20.0. The van der Waals surface area contributed by atoms with Gasteiger partial charge >= 0.3 is 5.97 Å². The van der Waals surface area contributed by atoms with Crippen LogP contribution in [0.15, 0.2) is 53.5 Å². The van der Waals surface area contributed by atoms with Crippen molar-refractivity contribution in [3.8, 4) is 0 Å². The first-order valence-electron chi connectivity index (χ1n) is 9.00. The van der Waals surface area contributed by atoms with Crippen molar-refractivity contribution in [1.29, 1.82) is 0 Å². The Labute approximate surface area is 168 Å². The molecule has 0 fully saturated rings. The van der Waals surface area contributed by atoms with Gasteiger partial charge < -0.3 is 9.84 Å². The Morgan fingerprint density at radius 3 is 2.64 bits per heavy atom. The quantitative estimate of drug-likeness (QED) is 0.783. The predicted molar refractivity (Wildman–Crippen MR) is 108 cm³/mol. The van der Waals surface area contributed by atoms with Gasteiger partial charge in [0.1, 0.15) is 6.54 Å². The van der Waals surface area contributed by atoms with Crippen LogP contribution in [-0.2, 0) is 14.3 Å². The lowest BCUT2D eigenvalue weighted by Crippen LogP contribution is -2.45. The van der Waals surface area contributed by atoms with Gasteiger partial charge in [-0.1, -0.05) is 41.9 Å². The van der Waals surface area contributed by atoms with Crippen molar-refractivity contribution in [2.45, 2.75) is 26.0 Å². The summed E-state index contributed by atoms with van der Waals surface area (Å²) in [5, 5.41) is 10.7. The van der Waals surface area contributed by atoms with E-state index in [2.05, 4.69) is 4.99 Å². The van der Waals surface area contributed by atoms with Crippen molar-refractivity contribution >= 4 is 34.9 Å². The number of amides is 1. The molecule has 0 saturated heterocycles. The zero-order chi connectivity index (χ0) is 20.3. The molecule has 1 N–H and O–H groups in total. The summed E-state index contributed by atoms with van der Waals surface area (Å²) in [6, 6.07) is 13.3. The number of benzene rings is 2. The Kier molecular flexibility index (Phi) is 6.11. The lowest BCUT2D eigenvalue weighted by molar-refractivity contribution is -0.142. The van der Waals surface area contributed by atoms with E-state index in [0.717, 1.165) is 5.56 Å². The summed E-state index contributed by atoms with van der Waals surface area (Å²) >= 11 is 6.22. The number of benzodiazepines with no additional fused rings is 1. The summed E-state index contributed by atoms with van der Waals surface area (Å²) in [6.07, 6.45) is -1.04. The average Bonchev–Trinajstić information content (AvgIpc) is 2.78. The maximum atomic E-state index is 13.2. The molecule has 1 unspecified atom stereocenters. The largest absolute Gasteiger partial charge is 0.465 e. The fourth-order valence-corrected chi connectivity index (χ4v) is 3.29. The SMILES string of the molecule is CCOC(=O)CN1C(=O)[C@H](C(C)O)N=C(c2ccccc2)c2cc(Cl)ccc21. The molecule has 28 heavy (non-hydrogen) atoms. The lowest BCUT2D eigenvalue weighted by Gasteiger charge is -2.25. The van der Waals surface area contributed by atoms with Gasteiger partial charge in [-0.15, -0.1) is 0 Å². The zero-order valence-electron chi connectivity index (χ0n) is 15.6. The highest BCUT2D eigenvalue weighted by molar-refractivity contribution is 6.32. The molecule has 6 nitrogen and oxygen atoms in total. The second-order valence-electron chi connectivity index (χ2n) is 6.42. The van der Waals surface area contributed by atoms with E-state index in [4.69, 9.17) is 16.3 Å². The minimum Gasteiger partial charge on any atom is -0.465 e. The Morgan fingerprint density at radius 1 is 1.29 bits per heavy atom. The van der Waals surface area contributed by atoms with Crippen LogP contribution in [0.25, 0.3) is 0 Å². The van der Waals surface area contributed by atoms with Crippen LogP contribution in [0.2, 0.25) is 5.02 Å². The Balaban J connectivity index is 2.20. The molecule has 0 bridgehead atoms. The van der Waals surface area contributed by atoms with Crippen LogP contribution < -0.4 is 4.90 Å². The molecule has 7 heteroatoms. The molecule has 0 aliphatic carbocycles. The summed E-state index contributed by atoms with van der Waals surface area (Å²) in [4.78, 5) is 31.2. The number of carbonyl (C=O) groups excluding carboxylic acids is 2. The lowest BCUT2D eigenvalue weighted by atomic mass is 10.00. The van der Waals surface area contributed by atoms with Crippen molar-refractivity contribution < 1.29 is 19.4 Å². The molecule has 0 radical (unpaired) electrons. The van der Waals surface area contributed by atoms with Gasteiger partial charge in [-0.2, -0.15) is 0 Å². The highest BCUT2D eigenvalue weighted by Gasteiger charge is 2.35. The van der Waals surface area contributed by atoms with Crippen molar-refractivity contribution in [2.75, 3.05) is 18.1 Å². The number of hydrogen-bond acceptors (Lipinski definition) is 5. The summed E-state index contributed by atoms with van der Waals surface area (Å²) in [5.41, 5.74) is 2.42. The maximum Gasteiger partial charge on any atom is 0.326 e. The number of rotatable bonds is 5. The van der Waals surface area contributed by atoms with Gasteiger partial charge in [-0.05, 0) is 32.0 Å². The van der Waals surface area contributed by atoms with E-state index in [0.29, 0.717) is 22.0 Å². The molecular formula is C21H21ClN2O4. The fraction of sp³-hybridized carbons (Fsp3) is 0.286. The topological polar surface area (TPSA) is 79.2 Å². The number of carbonyl (C=O) groups is 2. The number of aliphatic imine (C=N–C) groups is 1. The average molecular weight is 401 g/mol. The number of halogens is 1. The Morgan fingerprint density at radius 2 is 2.00 bits per heavy atom. The Hall–Kier alpha value is -2.70. The minimum atomic E-state index is -1.06. The minimum absolute atomic E-state index is 0.208. The molecule has 146 valence electrons. The summed E-state index contributed by atoms with van der Waals surface area (Å²) in [7, 11) is 0. The number of aliphatic hydroxyl groups is 1. The van der Waals surface area contributed by atoms with Crippen LogP contribution in [0, 0.1) is 0 Å². The summed E-state index contributed by atoms with van der Waals surface area (Å²) < 4.78 is 5.02. The molecule has 2 aromatic carbocycles. The van der Waals surface area contributed by atoms with Crippen LogP contribution in [0.3, 0.4) is 0 Å². The van der Waals surface area contributed by atoms with Crippen molar-refractivity contribution in [2.24, 2.45) is 4.99 Å². The van der Waals surface area contributed by atoms with E-state index >= 15 is 0 Å². The van der Waals surface area contributed by atoms with Gasteiger partial charge in [-0.25, -0.2) is 0 Å². The number of esters is 1. The third kappa shape index (κ3) is 4.08. The highest BCUT2D eigenvalue weighted by Crippen LogP contribution is 2.31. The third-order valence-electron chi connectivity index (χ3n) is 4.39. The normalized spacial score (nSPS) is 17.4. The molecule has 2 aromatic rings. The van der Waals surface area contributed by atoms with Crippen molar-refractivity contribution in [3.05, 3.63) is 64.7 Å². The molecule has 0 saturated carbocycles. The van der Waals surface area contributed by atoms with Crippen LogP contribution in [0.5, 0.6) is 0 Å². The predicted octanol–water partition coefficient (Wildman–Crippen LogP) is 2.84. The number of fused-ring (bicyclic) bond motifs is 1. The maximum absolute atomic E-state index is 13.2. The van der Waals surface area contributed by atoms with Gasteiger partial charge in [0, 0.05) is 16.1 Å². The van der Waals surface area contributed by atoms with E-state index in [1.807, 2.05) is 30.3 Å². The van der Waals surface area contributed by atoms with Gasteiger partial charge in [0.2, 0.25) is 0 Å². The first-order chi connectivity index (χ1) is 13.4. The molecule has 1 aliphatic heterocycles. The molecule has 0 aromatic heterocycles. The number of nitrogens with zero attached hydrogens (tertiary/aromatic N) is 2. The van der Waals surface area contributed by atoms with Gasteiger partial charge in [0.05, 0.1) is 24.1 Å². The molecule has 1 heterocycles. The van der Waals surface area contributed by atoms with E-state index in [9.17, 15) is 14.7 Å². The molecule has 1 aliphatic rings. The van der Waals surface area contributed by atoms with Crippen LogP contribution in [0.1, 0.15) is 25.0 Å². The van der Waals surface area contributed by atoms with E-state index in [1.165, 1.54) is 11.8 Å². The second kappa shape index (κ2) is 8.54. The van der Waals surface area contributed by atoms with E-state index in [-0.39, 0.29) is 13.2 Å². The monoisotopic (exact) mass is 400 g/mol. The van der Waals surface area contributed by atoms with Crippen LogP contribution in [-0.4, -0.2) is 48.0 Å².